The predicted octanol–water partition coefficient (Wildman–Crippen LogP) is 2.76. The summed E-state index contributed by atoms with van der Waals surface area (Å²) in [6, 6.07) is 6.30. The fourth-order valence-electron chi connectivity index (χ4n) is 1.73. The molecule has 106 valence electrons. The SMILES string of the molecule is CC(c1ccccc1OC(F)F)N(C)CCC(=O)O. The minimum Gasteiger partial charge on any atom is -0.481 e. The molecule has 19 heavy (non-hydrogen) atoms. The van der Waals surface area contributed by atoms with Gasteiger partial charge in [0.15, 0.2) is 0 Å². The first-order chi connectivity index (χ1) is 8.91. The topological polar surface area (TPSA) is 49.8 Å². The van der Waals surface area contributed by atoms with Crippen LogP contribution in [0.25, 0.3) is 0 Å². The third kappa shape index (κ3) is 4.82. The van der Waals surface area contributed by atoms with E-state index in [2.05, 4.69) is 4.74 Å². The average Bonchev–Trinajstić information content (AvgIpc) is 2.35. The van der Waals surface area contributed by atoms with Gasteiger partial charge < -0.3 is 9.84 Å². The maximum absolute atomic E-state index is 12.3. The number of halogens is 2. The van der Waals surface area contributed by atoms with Gasteiger partial charge in [0.2, 0.25) is 0 Å². The molecule has 0 radical (unpaired) electrons. The molecular formula is C13H17F2NO3. The molecule has 0 aliphatic heterocycles. The second-order valence-corrected chi connectivity index (χ2v) is 4.22. The van der Waals surface area contributed by atoms with Crippen LogP contribution in [0, 0.1) is 0 Å². The molecule has 0 fully saturated rings. The van der Waals surface area contributed by atoms with Gasteiger partial charge in [0.05, 0.1) is 6.42 Å². The number of aliphatic carboxylic acids is 1. The predicted molar refractivity (Wildman–Crippen MR) is 66.4 cm³/mol. The minimum atomic E-state index is -2.88. The molecule has 0 saturated carbocycles. The highest BCUT2D eigenvalue weighted by molar-refractivity contribution is 5.66. The van der Waals surface area contributed by atoms with E-state index in [1.807, 2.05) is 6.92 Å². The Balaban J connectivity index is 2.80. The summed E-state index contributed by atoms with van der Waals surface area (Å²) in [5, 5.41) is 8.64. The molecule has 0 bridgehead atoms. The van der Waals surface area contributed by atoms with Gasteiger partial charge in [-0.05, 0) is 20.0 Å². The number of rotatable bonds is 7. The van der Waals surface area contributed by atoms with Crippen molar-refractivity contribution in [3.63, 3.8) is 0 Å². The Morgan fingerprint density at radius 3 is 2.63 bits per heavy atom. The summed E-state index contributed by atoms with van der Waals surface area (Å²) < 4.78 is 29.1. The third-order valence-corrected chi connectivity index (χ3v) is 2.92. The first kappa shape index (κ1) is 15.4. The number of para-hydroxylation sites is 1. The smallest absolute Gasteiger partial charge is 0.387 e. The Morgan fingerprint density at radius 1 is 1.42 bits per heavy atom. The number of ether oxygens (including phenoxy) is 1. The Morgan fingerprint density at radius 2 is 2.05 bits per heavy atom. The molecule has 1 unspecified atom stereocenters. The lowest BCUT2D eigenvalue weighted by atomic mass is 10.1. The summed E-state index contributed by atoms with van der Waals surface area (Å²) in [4.78, 5) is 12.3. The van der Waals surface area contributed by atoms with Crippen LogP contribution in [0.15, 0.2) is 24.3 Å². The van der Waals surface area contributed by atoms with Crippen LogP contribution in [0.4, 0.5) is 8.78 Å². The number of benzene rings is 1. The standard InChI is InChI=1S/C13H17F2NO3/c1-9(16(2)8-7-12(17)18)10-5-3-4-6-11(10)19-13(14)15/h3-6,9,13H,7-8H2,1-2H3,(H,17,18). The van der Waals surface area contributed by atoms with Crippen molar-refractivity contribution in [2.45, 2.75) is 26.0 Å². The van der Waals surface area contributed by atoms with Gasteiger partial charge in [-0.1, -0.05) is 18.2 Å². The molecule has 0 spiro atoms. The molecule has 4 nitrogen and oxygen atoms in total. The summed E-state index contributed by atoms with van der Waals surface area (Å²) >= 11 is 0. The molecule has 1 aromatic carbocycles. The maximum Gasteiger partial charge on any atom is 0.387 e. The second-order valence-electron chi connectivity index (χ2n) is 4.22. The Bertz CT molecular complexity index is 426. The minimum absolute atomic E-state index is 0.00128. The van der Waals surface area contributed by atoms with E-state index in [9.17, 15) is 13.6 Å². The lowest BCUT2D eigenvalue weighted by Gasteiger charge is -2.26. The van der Waals surface area contributed by atoms with E-state index in [-0.39, 0.29) is 18.2 Å². The zero-order chi connectivity index (χ0) is 14.4. The van der Waals surface area contributed by atoms with Gasteiger partial charge in [-0.15, -0.1) is 0 Å². The molecule has 0 aromatic heterocycles. The van der Waals surface area contributed by atoms with Crippen molar-refractivity contribution in [1.29, 1.82) is 0 Å². The van der Waals surface area contributed by atoms with Crippen molar-refractivity contribution in [2.75, 3.05) is 13.6 Å². The van der Waals surface area contributed by atoms with E-state index < -0.39 is 12.6 Å². The molecule has 0 saturated heterocycles. The van der Waals surface area contributed by atoms with Crippen LogP contribution >= 0.6 is 0 Å². The van der Waals surface area contributed by atoms with E-state index in [0.29, 0.717) is 12.1 Å². The van der Waals surface area contributed by atoms with Gasteiger partial charge in [0.1, 0.15) is 5.75 Å². The number of nitrogens with zero attached hydrogens (tertiary/aromatic N) is 1. The zero-order valence-electron chi connectivity index (χ0n) is 10.8. The monoisotopic (exact) mass is 273 g/mol. The number of carboxylic acids is 1. The summed E-state index contributed by atoms with van der Waals surface area (Å²) in [6.45, 7) is -0.729. The van der Waals surface area contributed by atoms with Crippen LogP contribution in [-0.4, -0.2) is 36.2 Å². The summed E-state index contributed by atoms with van der Waals surface area (Å²) in [5.74, 6) is -0.775. The summed E-state index contributed by atoms with van der Waals surface area (Å²) in [7, 11) is 1.74. The van der Waals surface area contributed by atoms with Gasteiger partial charge in [-0.25, -0.2) is 0 Å². The van der Waals surface area contributed by atoms with Crippen LogP contribution in [-0.2, 0) is 4.79 Å². The average molecular weight is 273 g/mol. The van der Waals surface area contributed by atoms with Gasteiger partial charge in [0, 0.05) is 18.2 Å². The largest absolute Gasteiger partial charge is 0.481 e. The summed E-state index contributed by atoms with van der Waals surface area (Å²) in [6.07, 6.45) is -0.00128. The number of hydrogen-bond donors (Lipinski definition) is 1. The molecule has 0 aliphatic carbocycles. The van der Waals surface area contributed by atoms with Crippen molar-refractivity contribution in [2.24, 2.45) is 0 Å². The third-order valence-electron chi connectivity index (χ3n) is 2.92. The molecule has 1 aromatic rings. The first-order valence-electron chi connectivity index (χ1n) is 5.87. The number of alkyl halides is 2. The number of carbonyl (C=O) groups is 1. The molecule has 0 amide bonds. The van der Waals surface area contributed by atoms with Gasteiger partial charge in [0.25, 0.3) is 0 Å². The lowest BCUT2D eigenvalue weighted by Crippen LogP contribution is -2.25. The van der Waals surface area contributed by atoms with Crippen LogP contribution in [0.3, 0.4) is 0 Å². The molecule has 1 atom stereocenters. The van der Waals surface area contributed by atoms with Crippen LogP contribution in [0.2, 0.25) is 0 Å². The Labute approximate surface area is 110 Å². The second kappa shape index (κ2) is 7.04. The van der Waals surface area contributed by atoms with Gasteiger partial charge in [-0.3, -0.25) is 9.69 Å². The molecule has 1 N–H and O–H groups in total. The molecule has 0 aliphatic rings. The van der Waals surface area contributed by atoms with E-state index >= 15 is 0 Å². The molecule has 0 heterocycles. The van der Waals surface area contributed by atoms with E-state index in [1.54, 1.807) is 30.1 Å². The van der Waals surface area contributed by atoms with Gasteiger partial charge in [-0.2, -0.15) is 8.78 Å². The highest BCUT2D eigenvalue weighted by atomic mass is 19.3. The fourth-order valence-corrected chi connectivity index (χ4v) is 1.73. The van der Waals surface area contributed by atoms with Crippen molar-refractivity contribution < 1.29 is 23.4 Å². The van der Waals surface area contributed by atoms with Crippen molar-refractivity contribution in [3.05, 3.63) is 29.8 Å². The Kier molecular flexibility index (Phi) is 5.69. The van der Waals surface area contributed by atoms with E-state index in [0.717, 1.165) is 0 Å². The zero-order valence-corrected chi connectivity index (χ0v) is 10.8. The van der Waals surface area contributed by atoms with Gasteiger partial charge >= 0.3 is 12.6 Å². The molecule has 1 rings (SSSR count). The molecule has 6 heteroatoms. The van der Waals surface area contributed by atoms with E-state index in [4.69, 9.17) is 5.11 Å². The highest BCUT2D eigenvalue weighted by Crippen LogP contribution is 2.29. The van der Waals surface area contributed by atoms with Crippen molar-refractivity contribution >= 4 is 5.97 Å². The normalized spacial score (nSPS) is 12.7. The number of hydrogen-bond acceptors (Lipinski definition) is 3. The Hall–Kier alpha value is -1.69. The first-order valence-corrected chi connectivity index (χ1v) is 5.87. The van der Waals surface area contributed by atoms with E-state index in [1.165, 1.54) is 6.07 Å². The molecular weight excluding hydrogens is 256 g/mol. The van der Waals surface area contributed by atoms with Crippen LogP contribution < -0.4 is 4.74 Å². The quantitative estimate of drug-likeness (QED) is 0.830. The fraction of sp³-hybridized carbons (Fsp3) is 0.462. The van der Waals surface area contributed by atoms with Crippen LogP contribution in [0.1, 0.15) is 24.9 Å². The maximum atomic E-state index is 12.3. The van der Waals surface area contributed by atoms with Crippen molar-refractivity contribution in [1.82, 2.24) is 4.90 Å². The summed E-state index contributed by atoms with van der Waals surface area (Å²) in [5.41, 5.74) is 0.607. The van der Waals surface area contributed by atoms with Crippen molar-refractivity contribution in [3.8, 4) is 5.75 Å². The highest BCUT2D eigenvalue weighted by Gasteiger charge is 2.18. The van der Waals surface area contributed by atoms with Crippen LogP contribution in [0.5, 0.6) is 5.75 Å². The lowest BCUT2D eigenvalue weighted by molar-refractivity contribution is -0.137. The number of carboxylic acid groups (broad SMARTS) is 1.